The largest absolute Gasteiger partial charge is 0.274 e. The summed E-state index contributed by atoms with van der Waals surface area (Å²) in [5, 5.41) is 0. The molecule has 4 nitrogen and oxygen atoms in total. The highest BCUT2D eigenvalue weighted by atomic mass is 32.2. The predicted octanol–water partition coefficient (Wildman–Crippen LogP) is 2.69. The zero-order chi connectivity index (χ0) is 16.0. The van der Waals surface area contributed by atoms with Gasteiger partial charge in [-0.3, -0.25) is 4.79 Å². The summed E-state index contributed by atoms with van der Waals surface area (Å²) >= 11 is 0. The lowest BCUT2D eigenvalue weighted by Gasteiger charge is -2.07. The summed E-state index contributed by atoms with van der Waals surface area (Å²) in [6.45, 7) is 2.11. The zero-order valence-corrected chi connectivity index (χ0v) is 13.3. The number of aryl methyl sites for hydroxylation is 1. The van der Waals surface area contributed by atoms with Gasteiger partial charge in [-0.15, -0.1) is 0 Å². The number of carbonyl (C=O) groups excluding carboxylic acids is 1. The molecule has 0 fully saturated rings. The molecular formula is C17H19NO3S. The summed E-state index contributed by atoms with van der Waals surface area (Å²) in [6.07, 6.45) is 2.10. The Hall–Kier alpha value is -2.14. The highest BCUT2D eigenvalue weighted by molar-refractivity contribution is 7.90. The Morgan fingerprint density at radius 2 is 1.55 bits per heavy atom. The van der Waals surface area contributed by atoms with Gasteiger partial charge < -0.3 is 0 Å². The van der Waals surface area contributed by atoms with Crippen LogP contribution in [0.5, 0.6) is 0 Å². The molecule has 0 atom stereocenters. The van der Waals surface area contributed by atoms with Crippen LogP contribution in [0.1, 0.15) is 24.5 Å². The first kappa shape index (κ1) is 16.2. The van der Waals surface area contributed by atoms with Crippen molar-refractivity contribution < 1.29 is 13.2 Å². The standard InChI is InChI=1S/C17H19NO3S/c1-2-6-14-9-11-15(12-10-14)13-17(19)18-22(20,21)16-7-4-3-5-8-16/h3-5,7-12H,2,6,13H2,1H3,(H,18,19). The second kappa shape index (κ2) is 7.22. The first-order valence-corrected chi connectivity index (χ1v) is 8.68. The van der Waals surface area contributed by atoms with Crippen LogP contribution in [0, 0.1) is 0 Å². The minimum atomic E-state index is -3.80. The van der Waals surface area contributed by atoms with E-state index in [-0.39, 0.29) is 11.3 Å². The van der Waals surface area contributed by atoms with E-state index in [1.165, 1.54) is 17.7 Å². The summed E-state index contributed by atoms with van der Waals surface area (Å²) < 4.78 is 26.2. The maximum atomic E-state index is 12.0. The van der Waals surface area contributed by atoms with E-state index in [9.17, 15) is 13.2 Å². The Labute approximate surface area is 131 Å². The second-order valence-corrected chi connectivity index (χ2v) is 6.77. The summed E-state index contributed by atoms with van der Waals surface area (Å²) in [6, 6.07) is 15.5. The van der Waals surface area contributed by atoms with Gasteiger partial charge in [-0.25, -0.2) is 13.1 Å². The number of carbonyl (C=O) groups is 1. The molecule has 0 radical (unpaired) electrons. The molecule has 0 spiro atoms. The fourth-order valence-corrected chi connectivity index (χ4v) is 3.15. The zero-order valence-electron chi connectivity index (χ0n) is 12.5. The molecule has 0 aliphatic heterocycles. The molecule has 2 aromatic rings. The van der Waals surface area contributed by atoms with Gasteiger partial charge in [0.25, 0.3) is 10.0 Å². The molecule has 0 aliphatic carbocycles. The molecular weight excluding hydrogens is 298 g/mol. The monoisotopic (exact) mass is 317 g/mol. The molecule has 0 heterocycles. The van der Waals surface area contributed by atoms with Crippen molar-refractivity contribution in [3.63, 3.8) is 0 Å². The predicted molar refractivity (Wildman–Crippen MR) is 85.9 cm³/mol. The molecule has 2 aromatic carbocycles. The summed E-state index contributed by atoms with van der Waals surface area (Å²) in [7, 11) is -3.80. The fourth-order valence-electron chi connectivity index (χ4n) is 2.14. The first-order chi connectivity index (χ1) is 10.5. The van der Waals surface area contributed by atoms with Gasteiger partial charge >= 0.3 is 0 Å². The number of hydrogen-bond donors (Lipinski definition) is 1. The lowest BCUT2D eigenvalue weighted by atomic mass is 10.1. The van der Waals surface area contributed by atoms with Crippen LogP contribution in [0.4, 0.5) is 0 Å². The van der Waals surface area contributed by atoms with Crippen molar-refractivity contribution in [3.05, 3.63) is 65.7 Å². The molecule has 22 heavy (non-hydrogen) atoms. The van der Waals surface area contributed by atoms with Crippen LogP contribution in [0.2, 0.25) is 0 Å². The molecule has 5 heteroatoms. The fraction of sp³-hybridized carbons (Fsp3) is 0.235. The van der Waals surface area contributed by atoms with Gasteiger partial charge in [0.1, 0.15) is 0 Å². The average Bonchev–Trinajstić information content (AvgIpc) is 2.50. The quantitative estimate of drug-likeness (QED) is 0.891. The minimum absolute atomic E-state index is 0.0401. The van der Waals surface area contributed by atoms with Crippen molar-refractivity contribution in [2.45, 2.75) is 31.1 Å². The van der Waals surface area contributed by atoms with Crippen LogP contribution in [0.3, 0.4) is 0 Å². The Morgan fingerprint density at radius 1 is 0.955 bits per heavy atom. The number of benzene rings is 2. The highest BCUT2D eigenvalue weighted by Crippen LogP contribution is 2.10. The lowest BCUT2D eigenvalue weighted by Crippen LogP contribution is -2.31. The molecule has 116 valence electrons. The molecule has 1 amide bonds. The Morgan fingerprint density at radius 3 is 2.14 bits per heavy atom. The van der Waals surface area contributed by atoms with Crippen molar-refractivity contribution in [1.82, 2.24) is 4.72 Å². The van der Waals surface area contributed by atoms with Gasteiger partial charge in [-0.2, -0.15) is 0 Å². The van der Waals surface area contributed by atoms with E-state index in [0.717, 1.165) is 18.4 Å². The summed E-state index contributed by atoms with van der Waals surface area (Å²) in [4.78, 5) is 12.0. The van der Waals surface area contributed by atoms with Crippen molar-refractivity contribution >= 4 is 15.9 Å². The number of sulfonamides is 1. The third-order valence-electron chi connectivity index (χ3n) is 3.23. The summed E-state index contributed by atoms with van der Waals surface area (Å²) in [5.74, 6) is -0.535. The number of hydrogen-bond acceptors (Lipinski definition) is 3. The number of nitrogens with one attached hydrogen (secondary N) is 1. The van der Waals surface area contributed by atoms with Crippen LogP contribution in [-0.4, -0.2) is 14.3 Å². The molecule has 0 bridgehead atoms. The van der Waals surface area contributed by atoms with E-state index >= 15 is 0 Å². The van der Waals surface area contributed by atoms with Crippen LogP contribution in [0.25, 0.3) is 0 Å². The van der Waals surface area contributed by atoms with Gasteiger partial charge in [0.2, 0.25) is 5.91 Å². The van der Waals surface area contributed by atoms with Crippen molar-refractivity contribution in [2.75, 3.05) is 0 Å². The van der Waals surface area contributed by atoms with E-state index in [2.05, 4.69) is 11.6 Å². The van der Waals surface area contributed by atoms with Crippen LogP contribution < -0.4 is 4.72 Å². The van der Waals surface area contributed by atoms with Crippen LogP contribution in [0.15, 0.2) is 59.5 Å². The van der Waals surface area contributed by atoms with Gasteiger partial charge in [0.15, 0.2) is 0 Å². The Balaban J connectivity index is 2.01. The lowest BCUT2D eigenvalue weighted by molar-refractivity contribution is -0.118. The van der Waals surface area contributed by atoms with Gasteiger partial charge in [0, 0.05) is 0 Å². The molecule has 0 saturated heterocycles. The maximum Gasteiger partial charge on any atom is 0.264 e. The smallest absolute Gasteiger partial charge is 0.264 e. The molecule has 0 saturated carbocycles. The van der Waals surface area contributed by atoms with E-state index < -0.39 is 15.9 Å². The topological polar surface area (TPSA) is 63.2 Å². The van der Waals surface area contributed by atoms with Crippen molar-refractivity contribution in [1.29, 1.82) is 0 Å². The normalized spacial score (nSPS) is 11.1. The van der Waals surface area contributed by atoms with Crippen LogP contribution >= 0.6 is 0 Å². The van der Waals surface area contributed by atoms with E-state index in [0.29, 0.717) is 0 Å². The first-order valence-electron chi connectivity index (χ1n) is 7.20. The molecule has 0 aliphatic rings. The van der Waals surface area contributed by atoms with Crippen molar-refractivity contribution in [3.8, 4) is 0 Å². The average molecular weight is 317 g/mol. The van der Waals surface area contributed by atoms with E-state index in [1.807, 2.05) is 24.3 Å². The third-order valence-corrected chi connectivity index (χ3v) is 4.62. The molecule has 0 unspecified atom stereocenters. The maximum absolute atomic E-state index is 12.0. The van der Waals surface area contributed by atoms with E-state index in [4.69, 9.17) is 0 Å². The molecule has 0 aromatic heterocycles. The highest BCUT2D eigenvalue weighted by Gasteiger charge is 2.17. The van der Waals surface area contributed by atoms with Crippen LogP contribution in [-0.2, 0) is 27.7 Å². The van der Waals surface area contributed by atoms with Crippen molar-refractivity contribution in [2.24, 2.45) is 0 Å². The Bertz CT molecular complexity index is 722. The summed E-state index contributed by atoms with van der Waals surface area (Å²) in [5.41, 5.74) is 2.00. The number of rotatable bonds is 6. The third kappa shape index (κ3) is 4.43. The number of amides is 1. The second-order valence-electron chi connectivity index (χ2n) is 5.09. The van der Waals surface area contributed by atoms with Gasteiger partial charge in [0.05, 0.1) is 11.3 Å². The molecule has 1 N–H and O–H groups in total. The van der Waals surface area contributed by atoms with Gasteiger partial charge in [-0.05, 0) is 29.7 Å². The Kier molecular flexibility index (Phi) is 5.33. The van der Waals surface area contributed by atoms with Gasteiger partial charge in [-0.1, -0.05) is 55.8 Å². The molecule has 2 rings (SSSR count). The van der Waals surface area contributed by atoms with E-state index in [1.54, 1.807) is 18.2 Å². The minimum Gasteiger partial charge on any atom is -0.274 e. The SMILES string of the molecule is CCCc1ccc(CC(=O)NS(=O)(=O)c2ccccc2)cc1.